The van der Waals surface area contributed by atoms with Crippen LogP contribution >= 0.6 is 0 Å². The lowest BCUT2D eigenvalue weighted by Gasteiger charge is -1.89. The van der Waals surface area contributed by atoms with Crippen molar-refractivity contribution in [3.05, 3.63) is 40.3 Å². The van der Waals surface area contributed by atoms with Crippen LogP contribution in [0.2, 0.25) is 0 Å². The van der Waals surface area contributed by atoms with Crippen LogP contribution in [-0.2, 0) is 4.79 Å². The standard InChI is InChI=1S/C9H9NO2/c11-6-2-1-3-8-7-9(12)4-5-10-8/h1,3-7H,2H2,(H,10,12). The lowest BCUT2D eigenvalue weighted by atomic mass is 10.3. The number of carbonyl (C=O) groups excluding carboxylic acids is 1. The Kier molecular flexibility index (Phi) is 3.02. The van der Waals surface area contributed by atoms with Crippen molar-refractivity contribution < 1.29 is 4.79 Å². The first-order chi connectivity index (χ1) is 5.83. The first kappa shape index (κ1) is 8.46. The zero-order valence-corrected chi connectivity index (χ0v) is 6.49. The first-order valence-electron chi connectivity index (χ1n) is 3.62. The average Bonchev–Trinajstić information content (AvgIpc) is 2.05. The Morgan fingerprint density at radius 2 is 2.33 bits per heavy atom. The number of hydrogen-bond donors (Lipinski definition) is 1. The number of pyridine rings is 1. The molecule has 3 heteroatoms. The molecule has 0 unspecified atom stereocenters. The van der Waals surface area contributed by atoms with Crippen LogP contribution in [0.4, 0.5) is 0 Å². The fourth-order valence-electron chi connectivity index (χ4n) is 0.810. The van der Waals surface area contributed by atoms with Crippen LogP contribution in [0.5, 0.6) is 0 Å². The van der Waals surface area contributed by atoms with Gasteiger partial charge >= 0.3 is 0 Å². The maximum absolute atomic E-state index is 10.8. The van der Waals surface area contributed by atoms with Gasteiger partial charge in [0.2, 0.25) is 0 Å². The second kappa shape index (κ2) is 4.28. The van der Waals surface area contributed by atoms with Crippen molar-refractivity contribution in [1.82, 2.24) is 4.98 Å². The van der Waals surface area contributed by atoms with E-state index < -0.39 is 0 Å². The fourth-order valence-corrected chi connectivity index (χ4v) is 0.810. The number of H-pyrrole nitrogens is 1. The van der Waals surface area contributed by atoms with Crippen molar-refractivity contribution in [1.29, 1.82) is 0 Å². The zero-order chi connectivity index (χ0) is 8.81. The Morgan fingerprint density at radius 3 is 3.00 bits per heavy atom. The Balaban J connectivity index is 2.75. The van der Waals surface area contributed by atoms with E-state index in [0.717, 1.165) is 6.29 Å². The van der Waals surface area contributed by atoms with Crippen LogP contribution in [0.1, 0.15) is 12.1 Å². The lowest BCUT2D eigenvalue weighted by molar-refractivity contribution is -0.107. The summed E-state index contributed by atoms with van der Waals surface area (Å²) in [7, 11) is 0. The number of aromatic nitrogens is 1. The summed E-state index contributed by atoms with van der Waals surface area (Å²) in [5, 5.41) is 0. The van der Waals surface area contributed by atoms with Crippen molar-refractivity contribution in [2.75, 3.05) is 0 Å². The Morgan fingerprint density at radius 1 is 1.50 bits per heavy atom. The normalized spacial score (nSPS) is 10.3. The Bertz CT molecular complexity index is 338. The highest BCUT2D eigenvalue weighted by molar-refractivity contribution is 5.56. The number of carbonyl (C=O) groups is 1. The quantitative estimate of drug-likeness (QED) is 0.675. The van der Waals surface area contributed by atoms with E-state index in [1.807, 2.05) is 0 Å². The summed E-state index contributed by atoms with van der Waals surface area (Å²) in [6, 6.07) is 2.92. The third-order valence-electron chi connectivity index (χ3n) is 1.33. The molecule has 0 bridgehead atoms. The smallest absolute Gasteiger partial charge is 0.182 e. The van der Waals surface area contributed by atoms with Gasteiger partial charge in [-0.2, -0.15) is 0 Å². The van der Waals surface area contributed by atoms with Crippen LogP contribution in [-0.4, -0.2) is 11.3 Å². The van der Waals surface area contributed by atoms with Gasteiger partial charge in [-0.25, -0.2) is 0 Å². The Labute approximate surface area is 69.7 Å². The van der Waals surface area contributed by atoms with Gasteiger partial charge < -0.3 is 9.78 Å². The average molecular weight is 163 g/mol. The van der Waals surface area contributed by atoms with E-state index in [4.69, 9.17) is 0 Å². The van der Waals surface area contributed by atoms with Gasteiger partial charge in [0.1, 0.15) is 6.29 Å². The second-order valence-corrected chi connectivity index (χ2v) is 2.28. The summed E-state index contributed by atoms with van der Waals surface area (Å²) < 4.78 is 0. The largest absolute Gasteiger partial charge is 0.361 e. The highest BCUT2D eigenvalue weighted by atomic mass is 16.1. The number of aldehydes is 1. The molecule has 1 aromatic rings. The predicted octanol–water partition coefficient (Wildman–Crippen LogP) is 0.977. The molecule has 1 N–H and O–H groups in total. The number of hydrogen-bond acceptors (Lipinski definition) is 2. The molecule has 0 saturated heterocycles. The van der Waals surface area contributed by atoms with E-state index in [9.17, 15) is 9.59 Å². The lowest BCUT2D eigenvalue weighted by Crippen LogP contribution is -1.97. The van der Waals surface area contributed by atoms with E-state index in [1.165, 1.54) is 12.1 Å². The topological polar surface area (TPSA) is 49.9 Å². The zero-order valence-electron chi connectivity index (χ0n) is 6.49. The molecule has 0 atom stereocenters. The first-order valence-corrected chi connectivity index (χ1v) is 3.62. The number of aromatic amines is 1. The van der Waals surface area contributed by atoms with Gasteiger partial charge in [0.05, 0.1) is 0 Å². The van der Waals surface area contributed by atoms with Gasteiger partial charge in [-0.3, -0.25) is 4.79 Å². The van der Waals surface area contributed by atoms with E-state index in [-0.39, 0.29) is 5.43 Å². The van der Waals surface area contributed by atoms with Gasteiger partial charge in [0.25, 0.3) is 0 Å². The summed E-state index contributed by atoms with van der Waals surface area (Å²) in [4.78, 5) is 23.6. The van der Waals surface area contributed by atoms with Gasteiger partial charge in [-0.1, -0.05) is 6.08 Å². The SMILES string of the molecule is O=CCC=Cc1cc(=O)cc[nH]1. The van der Waals surface area contributed by atoms with Crippen molar-refractivity contribution in [3.63, 3.8) is 0 Å². The molecule has 0 aliphatic carbocycles. The molecule has 1 heterocycles. The summed E-state index contributed by atoms with van der Waals surface area (Å²) in [5.74, 6) is 0. The summed E-state index contributed by atoms with van der Waals surface area (Å²) in [6.07, 6.45) is 6.14. The van der Waals surface area contributed by atoms with Gasteiger partial charge in [-0.05, 0) is 6.08 Å². The van der Waals surface area contributed by atoms with Crippen LogP contribution < -0.4 is 5.43 Å². The molecule has 1 aromatic heterocycles. The molecule has 0 radical (unpaired) electrons. The third-order valence-corrected chi connectivity index (χ3v) is 1.33. The maximum Gasteiger partial charge on any atom is 0.182 e. The molecule has 3 nitrogen and oxygen atoms in total. The molecule has 0 fully saturated rings. The van der Waals surface area contributed by atoms with Gasteiger partial charge in [0.15, 0.2) is 5.43 Å². The minimum atomic E-state index is -0.0421. The highest BCUT2D eigenvalue weighted by Gasteiger charge is 1.85. The van der Waals surface area contributed by atoms with Crippen molar-refractivity contribution >= 4 is 12.4 Å². The van der Waals surface area contributed by atoms with Crippen LogP contribution in [0.15, 0.2) is 29.2 Å². The molecule has 62 valence electrons. The van der Waals surface area contributed by atoms with E-state index in [2.05, 4.69) is 4.98 Å². The molecule has 12 heavy (non-hydrogen) atoms. The highest BCUT2D eigenvalue weighted by Crippen LogP contribution is 1.92. The predicted molar refractivity (Wildman–Crippen MR) is 46.8 cm³/mol. The summed E-state index contributed by atoms with van der Waals surface area (Å²) >= 11 is 0. The molecular weight excluding hydrogens is 154 g/mol. The molecule has 0 saturated carbocycles. The van der Waals surface area contributed by atoms with Gasteiger partial charge in [-0.15, -0.1) is 0 Å². The minimum Gasteiger partial charge on any atom is -0.361 e. The molecule has 0 spiro atoms. The number of nitrogens with one attached hydrogen (secondary N) is 1. The van der Waals surface area contributed by atoms with E-state index >= 15 is 0 Å². The van der Waals surface area contributed by atoms with Crippen LogP contribution in [0.3, 0.4) is 0 Å². The van der Waals surface area contributed by atoms with Crippen molar-refractivity contribution in [3.8, 4) is 0 Å². The maximum atomic E-state index is 10.8. The molecule has 0 aromatic carbocycles. The Hall–Kier alpha value is -1.64. The summed E-state index contributed by atoms with van der Waals surface area (Å²) in [6.45, 7) is 0. The van der Waals surface area contributed by atoms with E-state index in [1.54, 1.807) is 18.3 Å². The van der Waals surface area contributed by atoms with Crippen LogP contribution in [0.25, 0.3) is 6.08 Å². The molecular formula is C9H9NO2. The van der Waals surface area contributed by atoms with Gasteiger partial charge in [0, 0.05) is 30.4 Å². The second-order valence-electron chi connectivity index (χ2n) is 2.28. The third kappa shape index (κ3) is 2.54. The fraction of sp³-hybridized carbons (Fsp3) is 0.111. The number of rotatable bonds is 3. The molecule has 0 amide bonds. The molecule has 0 aliphatic rings. The minimum absolute atomic E-state index is 0.0421. The van der Waals surface area contributed by atoms with Crippen LogP contribution in [0, 0.1) is 0 Å². The molecule has 0 aliphatic heterocycles. The molecule has 1 rings (SSSR count). The van der Waals surface area contributed by atoms with E-state index in [0.29, 0.717) is 12.1 Å². The number of allylic oxidation sites excluding steroid dienone is 1. The van der Waals surface area contributed by atoms with Crippen molar-refractivity contribution in [2.45, 2.75) is 6.42 Å². The van der Waals surface area contributed by atoms with Crippen molar-refractivity contribution in [2.24, 2.45) is 0 Å². The summed E-state index contributed by atoms with van der Waals surface area (Å²) in [5.41, 5.74) is 0.670. The monoisotopic (exact) mass is 163 g/mol.